The maximum absolute atomic E-state index is 14.0. The van der Waals surface area contributed by atoms with Crippen molar-refractivity contribution in [1.29, 1.82) is 0 Å². The number of rotatable bonds is 6. The number of nitro groups is 1. The van der Waals surface area contributed by atoms with Crippen LogP contribution < -0.4 is 5.32 Å². The molecule has 1 unspecified atom stereocenters. The van der Waals surface area contributed by atoms with E-state index in [2.05, 4.69) is 10.3 Å². The number of nitrogens with zero attached hydrogens (tertiary/aromatic N) is 3. The fraction of sp³-hybridized carbons (Fsp3) is 0.267. The van der Waals surface area contributed by atoms with Crippen molar-refractivity contribution in [1.82, 2.24) is 9.88 Å². The first kappa shape index (κ1) is 16.8. The summed E-state index contributed by atoms with van der Waals surface area (Å²) in [6.07, 6.45) is 1.41. The molecule has 0 aliphatic carbocycles. The summed E-state index contributed by atoms with van der Waals surface area (Å²) in [5.74, 6) is -1.27. The second-order valence-electron chi connectivity index (χ2n) is 5.12. The van der Waals surface area contributed by atoms with E-state index in [0.29, 0.717) is 0 Å². The van der Waals surface area contributed by atoms with E-state index in [9.17, 15) is 18.9 Å². The molecule has 122 valence electrons. The van der Waals surface area contributed by atoms with Gasteiger partial charge in [0.05, 0.1) is 11.0 Å². The van der Waals surface area contributed by atoms with Crippen LogP contribution in [0.2, 0.25) is 0 Å². The molecule has 0 spiro atoms. The molecule has 2 aromatic rings. The molecular weight excluding hydrogens is 306 g/mol. The fourth-order valence-electron chi connectivity index (χ4n) is 2.25. The minimum Gasteiger partial charge on any atom is -0.362 e. The summed E-state index contributed by atoms with van der Waals surface area (Å²) in [6, 6.07) is 5.75. The molecule has 0 aliphatic heterocycles. The van der Waals surface area contributed by atoms with Crippen molar-refractivity contribution in [3.63, 3.8) is 0 Å². The molecule has 1 aromatic heterocycles. The van der Waals surface area contributed by atoms with E-state index in [-0.39, 0.29) is 23.6 Å². The lowest BCUT2D eigenvalue weighted by Crippen LogP contribution is -2.29. The molecule has 0 radical (unpaired) electrons. The largest absolute Gasteiger partial charge is 0.362 e. The molecule has 0 aliphatic rings. The number of anilines is 1. The lowest BCUT2D eigenvalue weighted by Gasteiger charge is -2.26. The monoisotopic (exact) mass is 322 g/mol. The van der Waals surface area contributed by atoms with Gasteiger partial charge in [-0.15, -0.1) is 0 Å². The Morgan fingerprint density at radius 3 is 2.48 bits per heavy atom. The van der Waals surface area contributed by atoms with Gasteiger partial charge in [0.2, 0.25) is 5.82 Å². The van der Waals surface area contributed by atoms with Gasteiger partial charge >= 0.3 is 5.69 Å². The van der Waals surface area contributed by atoms with Crippen molar-refractivity contribution >= 4 is 11.5 Å². The molecule has 8 heteroatoms. The second kappa shape index (κ2) is 7.10. The summed E-state index contributed by atoms with van der Waals surface area (Å²) in [5.41, 5.74) is -0.289. The van der Waals surface area contributed by atoms with Gasteiger partial charge in [-0.05, 0) is 32.3 Å². The van der Waals surface area contributed by atoms with Gasteiger partial charge in [-0.25, -0.2) is 13.8 Å². The third-order valence-corrected chi connectivity index (χ3v) is 3.40. The van der Waals surface area contributed by atoms with Gasteiger partial charge in [-0.1, -0.05) is 6.07 Å². The van der Waals surface area contributed by atoms with Crippen molar-refractivity contribution in [3.8, 4) is 0 Å². The second-order valence-corrected chi connectivity index (χ2v) is 5.12. The smallest absolute Gasteiger partial charge is 0.311 e. The summed E-state index contributed by atoms with van der Waals surface area (Å²) >= 11 is 0. The van der Waals surface area contributed by atoms with E-state index >= 15 is 0 Å². The minimum atomic E-state index is -0.666. The van der Waals surface area contributed by atoms with E-state index in [0.717, 1.165) is 0 Å². The van der Waals surface area contributed by atoms with Gasteiger partial charge < -0.3 is 10.2 Å². The molecule has 6 nitrogen and oxygen atoms in total. The highest BCUT2D eigenvalue weighted by Gasteiger charge is 2.23. The predicted octanol–water partition coefficient (Wildman–Crippen LogP) is 2.98. The number of benzene rings is 1. The molecule has 0 saturated carbocycles. The highest BCUT2D eigenvalue weighted by atomic mass is 19.1. The van der Waals surface area contributed by atoms with Crippen molar-refractivity contribution in [3.05, 3.63) is 63.8 Å². The lowest BCUT2D eigenvalue weighted by atomic mass is 10.0. The third-order valence-electron chi connectivity index (χ3n) is 3.40. The SMILES string of the molecule is CN(C)C(CNc1ncccc1[N+](=O)[O-])c1c(F)cccc1F. The zero-order chi connectivity index (χ0) is 17.0. The highest BCUT2D eigenvalue weighted by Crippen LogP contribution is 2.26. The number of halogens is 2. The zero-order valence-electron chi connectivity index (χ0n) is 12.7. The van der Waals surface area contributed by atoms with E-state index in [1.165, 1.54) is 36.5 Å². The Balaban J connectivity index is 2.27. The van der Waals surface area contributed by atoms with Crippen LogP contribution in [0, 0.1) is 21.7 Å². The maximum atomic E-state index is 14.0. The first-order valence-electron chi connectivity index (χ1n) is 6.85. The van der Waals surface area contributed by atoms with Gasteiger partial charge in [0.1, 0.15) is 11.6 Å². The Labute approximate surface area is 131 Å². The molecule has 1 aromatic carbocycles. The van der Waals surface area contributed by atoms with Crippen LogP contribution in [-0.4, -0.2) is 35.4 Å². The van der Waals surface area contributed by atoms with Gasteiger partial charge in [-0.3, -0.25) is 10.1 Å². The van der Waals surface area contributed by atoms with Crippen LogP contribution in [0.4, 0.5) is 20.3 Å². The molecule has 0 saturated heterocycles. The quantitative estimate of drug-likeness (QED) is 0.654. The van der Waals surface area contributed by atoms with E-state index in [1.807, 2.05) is 0 Å². The predicted molar refractivity (Wildman–Crippen MR) is 82.2 cm³/mol. The van der Waals surface area contributed by atoms with Gasteiger partial charge in [0.25, 0.3) is 0 Å². The van der Waals surface area contributed by atoms with Crippen LogP contribution >= 0.6 is 0 Å². The Hall–Kier alpha value is -2.61. The summed E-state index contributed by atoms with van der Waals surface area (Å²) in [5, 5.41) is 13.8. The number of pyridine rings is 1. The molecule has 1 N–H and O–H groups in total. The fourth-order valence-corrected chi connectivity index (χ4v) is 2.25. The molecule has 0 bridgehead atoms. The Kier molecular flexibility index (Phi) is 5.17. The summed E-state index contributed by atoms with van der Waals surface area (Å²) < 4.78 is 28.0. The molecule has 23 heavy (non-hydrogen) atoms. The Morgan fingerprint density at radius 1 is 1.26 bits per heavy atom. The van der Waals surface area contributed by atoms with Gasteiger partial charge in [-0.2, -0.15) is 0 Å². The highest BCUT2D eigenvalue weighted by molar-refractivity contribution is 5.55. The van der Waals surface area contributed by atoms with Crippen LogP contribution in [0.5, 0.6) is 0 Å². The van der Waals surface area contributed by atoms with Crippen LogP contribution in [-0.2, 0) is 0 Å². The average Bonchev–Trinajstić information content (AvgIpc) is 2.50. The topological polar surface area (TPSA) is 71.3 Å². The molecule has 1 heterocycles. The average molecular weight is 322 g/mol. The van der Waals surface area contributed by atoms with Crippen molar-refractivity contribution in [2.45, 2.75) is 6.04 Å². The molecule has 0 amide bonds. The summed E-state index contributed by atoms with van der Waals surface area (Å²) in [6.45, 7) is 0.0582. The molecule has 0 fully saturated rings. The zero-order valence-corrected chi connectivity index (χ0v) is 12.7. The minimum absolute atomic E-state index is 0.0566. The summed E-state index contributed by atoms with van der Waals surface area (Å²) in [4.78, 5) is 15.9. The third kappa shape index (κ3) is 3.78. The number of aromatic nitrogens is 1. The Bertz CT molecular complexity index is 689. The number of likely N-dealkylation sites (N-methyl/N-ethyl adjacent to an activating group) is 1. The molecular formula is C15H16F2N4O2. The molecule has 1 atom stereocenters. The lowest BCUT2D eigenvalue weighted by molar-refractivity contribution is -0.384. The van der Waals surface area contributed by atoms with E-state index in [1.54, 1.807) is 19.0 Å². The normalized spacial score (nSPS) is 12.2. The first-order valence-corrected chi connectivity index (χ1v) is 6.85. The van der Waals surface area contributed by atoms with Crippen LogP contribution in [0.25, 0.3) is 0 Å². The maximum Gasteiger partial charge on any atom is 0.311 e. The number of hydrogen-bond acceptors (Lipinski definition) is 5. The van der Waals surface area contributed by atoms with Crippen molar-refractivity contribution in [2.75, 3.05) is 26.0 Å². The number of nitrogens with one attached hydrogen (secondary N) is 1. The van der Waals surface area contributed by atoms with Crippen LogP contribution in [0.15, 0.2) is 36.5 Å². The first-order chi connectivity index (χ1) is 10.9. The van der Waals surface area contributed by atoms with Crippen molar-refractivity contribution < 1.29 is 13.7 Å². The Morgan fingerprint density at radius 2 is 1.91 bits per heavy atom. The van der Waals surface area contributed by atoms with Gasteiger partial charge in [0, 0.05) is 24.4 Å². The standard InChI is InChI=1S/C15H16F2N4O2/c1-20(2)13(14-10(16)5-3-6-11(14)17)9-19-15-12(21(22)23)7-4-8-18-15/h3-8,13H,9H2,1-2H3,(H,18,19). The molecule has 2 rings (SSSR count). The van der Waals surface area contributed by atoms with Crippen molar-refractivity contribution in [2.24, 2.45) is 0 Å². The number of hydrogen-bond donors (Lipinski definition) is 1. The summed E-state index contributed by atoms with van der Waals surface area (Å²) in [7, 11) is 3.34. The van der Waals surface area contributed by atoms with E-state index in [4.69, 9.17) is 0 Å². The van der Waals surface area contributed by atoms with E-state index < -0.39 is 22.6 Å². The van der Waals surface area contributed by atoms with Crippen LogP contribution in [0.3, 0.4) is 0 Å². The van der Waals surface area contributed by atoms with Gasteiger partial charge in [0.15, 0.2) is 0 Å². The van der Waals surface area contributed by atoms with Crippen LogP contribution in [0.1, 0.15) is 11.6 Å².